The fourth-order valence-corrected chi connectivity index (χ4v) is 3.86. The number of carbonyl (C=O) groups is 1. The van der Waals surface area contributed by atoms with Crippen LogP contribution in [0, 0.1) is 0 Å². The zero-order valence-electron chi connectivity index (χ0n) is 14.4. The second-order valence-corrected chi connectivity index (χ2v) is 7.76. The Morgan fingerprint density at radius 2 is 1.84 bits per heavy atom. The van der Waals surface area contributed by atoms with Gasteiger partial charge >= 0.3 is 0 Å². The fourth-order valence-electron chi connectivity index (χ4n) is 2.43. The molecule has 0 aromatic heterocycles. The first-order valence-corrected chi connectivity index (χ1v) is 9.53. The van der Waals surface area contributed by atoms with E-state index in [-0.39, 0.29) is 18.4 Å². The number of hydrogen-bond acceptors (Lipinski definition) is 3. The molecular weight excluding hydrogens is 450 g/mol. The minimum absolute atomic E-state index is 0.0234. The predicted octanol–water partition coefficient (Wildman–Crippen LogP) is 4.76. The largest absolute Gasteiger partial charge is 0.508 e. The highest BCUT2D eigenvalue weighted by Crippen LogP contribution is 2.34. The average molecular weight is 471 g/mol. The van der Waals surface area contributed by atoms with Crippen molar-refractivity contribution in [2.24, 2.45) is 0 Å². The Bertz CT molecular complexity index is 752. The number of ether oxygens (including phenoxy) is 1. The van der Waals surface area contributed by atoms with Gasteiger partial charge < -0.3 is 15.2 Å². The highest BCUT2D eigenvalue weighted by molar-refractivity contribution is 9.11. The van der Waals surface area contributed by atoms with Crippen molar-refractivity contribution >= 4 is 37.8 Å². The molecule has 6 heteroatoms. The van der Waals surface area contributed by atoms with Gasteiger partial charge in [0.15, 0.2) is 6.61 Å². The van der Waals surface area contributed by atoms with Crippen molar-refractivity contribution in [3.05, 3.63) is 56.0 Å². The molecule has 4 nitrogen and oxygen atoms in total. The molecule has 0 atom stereocenters. The van der Waals surface area contributed by atoms with E-state index in [1.807, 2.05) is 24.3 Å². The number of amides is 1. The molecule has 2 aromatic rings. The molecule has 0 fully saturated rings. The number of phenolic OH excluding ortho intramolecular Hbond substituents is 1. The fraction of sp³-hybridized carbons (Fsp3) is 0.316. The van der Waals surface area contributed by atoms with E-state index in [2.05, 4.69) is 51.0 Å². The monoisotopic (exact) mass is 469 g/mol. The third-order valence-corrected chi connectivity index (χ3v) is 5.27. The normalized spacial score (nSPS) is 10.8. The lowest BCUT2D eigenvalue weighted by molar-refractivity contribution is -0.122. The van der Waals surface area contributed by atoms with Gasteiger partial charge in [-0.25, -0.2) is 0 Å². The standard InChI is InChI=1S/C19H21Br2NO3/c1-11(2)14-6-12(4-5-18(14)23)7-15-16(20)8-13(9-17(15)21)25-10-19(24)22-3/h4-6,8-9,11,23H,7,10H2,1-3H3,(H,22,24). The first kappa shape index (κ1) is 19.8. The van der Waals surface area contributed by atoms with Crippen LogP contribution in [0.2, 0.25) is 0 Å². The molecule has 25 heavy (non-hydrogen) atoms. The van der Waals surface area contributed by atoms with Crippen LogP contribution in [0.5, 0.6) is 11.5 Å². The molecule has 0 heterocycles. The summed E-state index contributed by atoms with van der Waals surface area (Å²) in [6.45, 7) is 4.09. The van der Waals surface area contributed by atoms with Crippen molar-refractivity contribution in [2.75, 3.05) is 13.7 Å². The minimum atomic E-state index is -0.179. The van der Waals surface area contributed by atoms with Gasteiger partial charge in [-0.05, 0) is 47.2 Å². The summed E-state index contributed by atoms with van der Waals surface area (Å²) < 4.78 is 7.28. The number of carbonyl (C=O) groups excluding carboxylic acids is 1. The lowest BCUT2D eigenvalue weighted by Crippen LogP contribution is -2.24. The van der Waals surface area contributed by atoms with Crippen molar-refractivity contribution in [1.82, 2.24) is 5.32 Å². The lowest BCUT2D eigenvalue weighted by atomic mass is 9.96. The molecule has 2 aromatic carbocycles. The van der Waals surface area contributed by atoms with Crippen LogP contribution in [0.15, 0.2) is 39.3 Å². The van der Waals surface area contributed by atoms with E-state index >= 15 is 0 Å². The number of halogens is 2. The Morgan fingerprint density at radius 3 is 2.40 bits per heavy atom. The number of aromatic hydroxyl groups is 1. The highest BCUT2D eigenvalue weighted by Gasteiger charge is 2.12. The molecule has 0 aliphatic rings. The minimum Gasteiger partial charge on any atom is -0.508 e. The molecule has 2 N–H and O–H groups in total. The van der Waals surface area contributed by atoms with Gasteiger partial charge in [-0.1, -0.05) is 57.8 Å². The Balaban J connectivity index is 2.23. The Kier molecular flexibility index (Phi) is 6.90. The predicted molar refractivity (Wildman–Crippen MR) is 106 cm³/mol. The molecule has 0 aliphatic heterocycles. The maximum absolute atomic E-state index is 11.3. The molecule has 1 amide bonds. The van der Waals surface area contributed by atoms with E-state index in [1.165, 1.54) is 0 Å². The third-order valence-electron chi connectivity index (χ3n) is 3.86. The van der Waals surface area contributed by atoms with Crippen LogP contribution < -0.4 is 10.1 Å². The molecule has 134 valence electrons. The Hall–Kier alpha value is -1.53. The van der Waals surface area contributed by atoms with Crippen molar-refractivity contribution in [1.29, 1.82) is 0 Å². The molecule has 0 radical (unpaired) electrons. The number of phenols is 1. The summed E-state index contributed by atoms with van der Waals surface area (Å²) in [6.07, 6.45) is 0.705. The van der Waals surface area contributed by atoms with Crippen LogP contribution in [0.1, 0.15) is 36.5 Å². The summed E-state index contributed by atoms with van der Waals surface area (Å²) >= 11 is 7.16. The second-order valence-electron chi connectivity index (χ2n) is 6.05. The van der Waals surface area contributed by atoms with E-state index in [4.69, 9.17) is 4.74 Å². The van der Waals surface area contributed by atoms with Gasteiger partial charge in [-0.3, -0.25) is 4.79 Å². The number of nitrogens with one attached hydrogen (secondary N) is 1. The molecule has 0 bridgehead atoms. The first-order valence-electron chi connectivity index (χ1n) is 7.95. The molecule has 2 rings (SSSR count). The van der Waals surface area contributed by atoms with Crippen molar-refractivity contribution < 1.29 is 14.6 Å². The van der Waals surface area contributed by atoms with E-state index in [9.17, 15) is 9.90 Å². The summed E-state index contributed by atoms with van der Waals surface area (Å²) in [4.78, 5) is 11.3. The van der Waals surface area contributed by atoms with Gasteiger partial charge in [0, 0.05) is 16.0 Å². The maximum Gasteiger partial charge on any atom is 0.257 e. The number of rotatable bonds is 6. The van der Waals surface area contributed by atoms with Crippen LogP contribution >= 0.6 is 31.9 Å². The summed E-state index contributed by atoms with van der Waals surface area (Å²) in [5.41, 5.74) is 3.13. The van der Waals surface area contributed by atoms with Gasteiger partial charge in [-0.2, -0.15) is 0 Å². The third kappa shape index (κ3) is 5.22. The van der Waals surface area contributed by atoms with Crippen molar-refractivity contribution in [3.63, 3.8) is 0 Å². The summed E-state index contributed by atoms with van der Waals surface area (Å²) in [5.74, 6) is 1.02. The average Bonchev–Trinajstić information content (AvgIpc) is 2.57. The molecule has 0 saturated carbocycles. The van der Waals surface area contributed by atoms with Crippen LogP contribution in [0.4, 0.5) is 0 Å². The van der Waals surface area contributed by atoms with Crippen LogP contribution in [0.3, 0.4) is 0 Å². The topological polar surface area (TPSA) is 58.6 Å². The first-order chi connectivity index (χ1) is 11.8. The Labute approximate surface area is 164 Å². The van der Waals surface area contributed by atoms with Crippen molar-refractivity contribution in [2.45, 2.75) is 26.2 Å². The summed E-state index contributed by atoms with van der Waals surface area (Å²) in [7, 11) is 1.57. The molecular formula is C19H21Br2NO3. The van der Waals surface area contributed by atoms with Crippen LogP contribution in [-0.4, -0.2) is 24.7 Å². The van der Waals surface area contributed by atoms with Crippen LogP contribution in [-0.2, 0) is 11.2 Å². The number of likely N-dealkylation sites (N-methyl/N-ethyl adjacent to an activating group) is 1. The SMILES string of the molecule is CNC(=O)COc1cc(Br)c(Cc2ccc(O)c(C(C)C)c2)c(Br)c1. The molecule has 0 saturated heterocycles. The zero-order valence-corrected chi connectivity index (χ0v) is 17.6. The van der Waals surface area contributed by atoms with E-state index in [1.54, 1.807) is 13.1 Å². The van der Waals surface area contributed by atoms with E-state index in [0.29, 0.717) is 17.9 Å². The second kappa shape index (κ2) is 8.72. The highest BCUT2D eigenvalue weighted by atomic mass is 79.9. The van der Waals surface area contributed by atoms with Gasteiger partial charge in [0.2, 0.25) is 0 Å². The van der Waals surface area contributed by atoms with E-state index < -0.39 is 0 Å². The smallest absolute Gasteiger partial charge is 0.257 e. The van der Waals surface area contributed by atoms with Gasteiger partial charge in [0.25, 0.3) is 5.91 Å². The molecule has 0 unspecified atom stereocenters. The van der Waals surface area contributed by atoms with Crippen LogP contribution in [0.25, 0.3) is 0 Å². The van der Waals surface area contributed by atoms with E-state index in [0.717, 1.165) is 25.6 Å². The lowest BCUT2D eigenvalue weighted by Gasteiger charge is -2.14. The van der Waals surface area contributed by atoms with Crippen molar-refractivity contribution in [3.8, 4) is 11.5 Å². The summed E-state index contributed by atoms with van der Waals surface area (Å²) in [5, 5.41) is 12.5. The molecule has 0 aliphatic carbocycles. The Morgan fingerprint density at radius 1 is 1.20 bits per heavy atom. The maximum atomic E-state index is 11.3. The zero-order chi connectivity index (χ0) is 18.6. The van der Waals surface area contributed by atoms with Gasteiger partial charge in [0.1, 0.15) is 11.5 Å². The summed E-state index contributed by atoms with van der Waals surface area (Å²) in [6, 6.07) is 9.41. The van der Waals surface area contributed by atoms with Gasteiger partial charge in [-0.15, -0.1) is 0 Å². The number of benzene rings is 2. The van der Waals surface area contributed by atoms with Gasteiger partial charge in [0.05, 0.1) is 0 Å². The number of hydrogen-bond donors (Lipinski definition) is 2. The molecule has 0 spiro atoms. The quantitative estimate of drug-likeness (QED) is 0.640.